The molecule has 0 aromatic heterocycles. The molecule has 0 radical (unpaired) electrons. The zero-order chi connectivity index (χ0) is 14.8. The van der Waals surface area contributed by atoms with Gasteiger partial charge in [0.2, 0.25) is 0 Å². The van der Waals surface area contributed by atoms with Gasteiger partial charge in [-0.3, -0.25) is 4.90 Å². The Morgan fingerprint density at radius 3 is 2.33 bits per heavy atom. The second-order valence-corrected chi connectivity index (χ2v) is 8.12. The molecule has 3 unspecified atom stereocenters. The van der Waals surface area contributed by atoms with Gasteiger partial charge in [-0.15, -0.1) is 0 Å². The third kappa shape index (κ3) is 4.00. The molecule has 1 saturated heterocycles. The fourth-order valence-corrected chi connectivity index (χ4v) is 4.70. The lowest BCUT2D eigenvalue weighted by atomic mass is 9.78. The molecule has 2 aliphatic carbocycles. The first-order valence-corrected chi connectivity index (χ1v) is 9.30. The van der Waals surface area contributed by atoms with Crippen LogP contribution in [-0.4, -0.2) is 47.3 Å². The Hall–Kier alpha value is -0.120. The van der Waals surface area contributed by atoms with E-state index >= 15 is 0 Å². The maximum absolute atomic E-state index is 10.1. The van der Waals surface area contributed by atoms with Crippen molar-refractivity contribution in [3.05, 3.63) is 0 Å². The number of nitrogens with zero attached hydrogens (tertiary/aromatic N) is 1. The molecule has 0 aromatic rings. The van der Waals surface area contributed by atoms with E-state index in [1.54, 1.807) is 0 Å². The van der Waals surface area contributed by atoms with Crippen molar-refractivity contribution in [2.24, 2.45) is 11.8 Å². The molecule has 3 fully saturated rings. The summed E-state index contributed by atoms with van der Waals surface area (Å²) in [5.41, 5.74) is 0. The minimum Gasteiger partial charge on any atom is -0.393 e. The molecule has 0 spiro atoms. The Morgan fingerprint density at radius 2 is 1.71 bits per heavy atom. The Labute approximate surface area is 130 Å². The molecule has 0 bridgehead atoms. The highest BCUT2D eigenvalue weighted by Crippen LogP contribution is 2.34. The molecular formula is C18H34N2O. The summed E-state index contributed by atoms with van der Waals surface area (Å²) in [6.07, 6.45) is 10.7. The van der Waals surface area contributed by atoms with E-state index in [1.165, 1.54) is 51.5 Å². The van der Waals surface area contributed by atoms with Crippen LogP contribution in [0.5, 0.6) is 0 Å². The van der Waals surface area contributed by atoms with E-state index in [-0.39, 0.29) is 6.10 Å². The van der Waals surface area contributed by atoms with Crippen molar-refractivity contribution in [2.45, 2.75) is 89.4 Å². The molecule has 1 heterocycles. The minimum atomic E-state index is -0.166. The van der Waals surface area contributed by atoms with E-state index in [9.17, 15) is 5.11 Å². The van der Waals surface area contributed by atoms with Crippen molar-refractivity contribution in [3.8, 4) is 0 Å². The third-order valence-electron chi connectivity index (χ3n) is 6.14. The lowest BCUT2D eigenvalue weighted by molar-refractivity contribution is -0.00525. The van der Waals surface area contributed by atoms with Crippen LogP contribution < -0.4 is 5.32 Å². The molecule has 0 amide bonds. The molecule has 21 heavy (non-hydrogen) atoms. The van der Waals surface area contributed by atoms with Gasteiger partial charge in [0.1, 0.15) is 0 Å². The monoisotopic (exact) mass is 294 g/mol. The second-order valence-electron chi connectivity index (χ2n) is 8.12. The number of nitrogens with one attached hydrogen (secondary N) is 1. The second kappa shape index (κ2) is 6.97. The van der Waals surface area contributed by atoms with Crippen LogP contribution in [0.25, 0.3) is 0 Å². The van der Waals surface area contributed by atoms with Gasteiger partial charge in [0, 0.05) is 31.2 Å². The van der Waals surface area contributed by atoms with Gasteiger partial charge in [0.25, 0.3) is 0 Å². The standard InChI is InChI=1S/C18H34N2O/c1-13-8-18(9-13)20-11-15(14(2)21)10-17(12-20)19-16-6-4-3-5-7-16/h13-19,21H,3-12H2,1-2H3. The van der Waals surface area contributed by atoms with Crippen LogP contribution in [0.15, 0.2) is 0 Å². The number of hydrogen-bond acceptors (Lipinski definition) is 3. The summed E-state index contributed by atoms with van der Waals surface area (Å²) in [6, 6.07) is 2.12. The number of piperidine rings is 1. The predicted octanol–water partition coefficient (Wildman–Crippen LogP) is 2.78. The zero-order valence-electron chi connectivity index (χ0n) is 13.9. The molecular weight excluding hydrogens is 260 g/mol. The van der Waals surface area contributed by atoms with Gasteiger partial charge in [-0.1, -0.05) is 26.2 Å². The van der Waals surface area contributed by atoms with E-state index in [0.717, 1.165) is 31.0 Å². The minimum absolute atomic E-state index is 0.166. The Kier molecular flexibility index (Phi) is 5.23. The largest absolute Gasteiger partial charge is 0.393 e. The topological polar surface area (TPSA) is 35.5 Å². The summed E-state index contributed by atoms with van der Waals surface area (Å²) < 4.78 is 0. The Balaban J connectivity index is 1.56. The van der Waals surface area contributed by atoms with Gasteiger partial charge < -0.3 is 10.4 Å². The number of hydrogen-bond donors (Lipinski definition) is 2. The first-order valence-electron chi connectivity index (χ1n) is 9.30. The molecule has 3 atom stereocenters. The van der Waals surface area contributed by atoms with Crippen LogP contribution in [0.3, 0.4) is 0 Å². The van der Waals surface area contributed by atoms with Crippen LogP contribution in [0.2, 0.25) is 0 Å². The highest BCUT2D eigenvalue weighted by atomic mass is 16.3. The molecule has 3 heteroatoms. The van der Waals surface area contributed by atoms with Gasteiger partial charge in [-0.25, -0.2) is 0 Å². The summed E-state index contributed by atoms with van der Waals surface area (Å²) in [5, 5.41) is 14.0. The Bertz CT molecular complexity index is 321. The van der Waals surface area contributed by atoms with Crippen LogP contribution in [0.1, 0.15) is 65.2 Å². The van der Waals surface area contributed by atoms with Gasteiger partial charge in [-0.05, 0) is 50.9 Å². The Morgan fingerprint density at radius 1 is 1.00 bits per heavy atom. The number of aliphatic hydroxyl groups is 1. The van der Waals surface area contributed by atoms with E-state index < -0.39 is 0 Å². The van der Waals surface area contributed by atoms with Gasteiger partial charge in [-0.2, -0.15) is 0 Å². The average molecular weight is 294 g/mol. The summed E-state index contributed by atoms with van der Waals surface area (Å²) in [6.45, 7) is 6.66. The summed E-state index contributed by atoms with van der Waals surface area (Å²) in [5.74, 6) is 1.36. The summed E-state index contributed by atoms with van der Waals surface area (Å²) >= 11 is 0. The highest BCUT2D eigenvalue weighted by molar-refractivity contribution is 4.94. The van der Waals surface area contributed by atoms with Crippen LogP contribution >= 0.6 is 0 Å². The van der Waals surface area contributed by atoms with Gasteiger partial charge >= 0.3 is 0 Å². The van der Waals surface area contributed by atoms with E-state index in [4.69, 9.17) is 0 Å². The fourth-order valence-electron chi connectivity index (χ4n) is 4.70. The van der Waals surface area contributed by atoms with Crippen molar-refractivity contribution in [1.82, 2.24) is 10.2 Å². The molecule has 122 valence electrons. The van der Waals surface area contributed by atoms with E-state index in [0.29, 0.717) is 12.0 Å². The van der Waals surface area contributed by atoms with E-state index in [1.807, 2.05) is 6.92 Å². The maximum atomic E-state index is 10.1. The number of rotatable bonds is 4. The molecule has 0 aromatic carbocycles. The lowest BCUT2D eigenvalue weighted by Crippen LogP contribution is -2.58. The van der Waals surface area contributed by atoms with Crippen molar-refractivity contribution < 1.29 is 5.11 Å². The van der Waals surface area contributed by atoms with Crippen molar-refractivity contribution >= 4 is 0 Å². The maximum Gasteiger partial charge on any atom is 0.0553 e. The number of likely N-dealkylation sites (tertiary alicyclic amines) is 1. The highest BCUT2D eigenvalue weighted by Gasteiger charge is 2.38. The van der Waals surface area contributed by atoms with Crippen molar-refractivity contribution in [3.63, 3.8) is 0 Å². The molecule has 3 rings (SSSR count). The molecule has 1 aliphatic heterocycles. The van der Waals surface area contributed by atoms with Gasteiger partial charge in [0.05, 0.1) is 6.10 Å². The van der Waals surface area contributed by atoms with E-state index in [2.05, 4.69) is 17.1 Å². The molecule has 3 nitrogen and oxygen atoms in total. The smallest absolute Gasteiger partial charge is 0.0553 e. The van der Waals surface area contributed by atoms with Gasteiger partial charge in [0.15, 0.2) is 0 Å². The normalized spacial score (nSPS) is 40.7. The first kappa shape index (κ1) is 15.8. The molecule has 2 N–H and O–H groups in total. The SMILES string of the molecule is CC1CC(N2CC(NC3CCCCC3)CC(C(C)O)C2)C1. The average Bonchev–Trinajstić information content (AvgIpc) is 2.44. The van der Waals surface area contributed by atoms with Crippen molar-refractivity contribution in [1.29, 1.82) is 0 Å². The van der Waals surface area contributed by atoms with Crippen molar-refractivity contribution in [2.75, 3.05) is 13.1 Å². The van der Waals surface area contributed by atoms with Crippen LogP contribution in [0.4, 0.5) is 0 Å². The van der Waals surface area contributed by atoms with Crippen LogP contribution in [-0.2, 0) is 0 Å². The zero-order valence-corrected chi connectivity index (χ0v) is 13.9. The van der Waals surface area contributed by atoms with Crippen LogP contribution in [0, 0.1) is 11.8 Å². The summed E-state index contributed by atoms with van der Waals surface area (Å²) in [7, 11) is 0. The quantitative estimate of drug-likeness (QED) is 0.837. The molecule has 2 saturated carbocycles. The first-order chi connectivity index (χ1) is 10.1. The number of aliphatic hydroxyl groups excluding tert-OH is 1. The lowest BCUT2D eigenvalue weighted by Gasteiger charge is -2.49. The fraction of sp³-hybridized carbons (Fsp3) is 1.00. The summed E-state index contributed by atoms with van der Waals surface area (Å²) in [4.78, 5) is 2.68. The molecule has 3 aliphatic rings. The predicted molar refractivity (Wildman–Crippen MR) is 87.3 cm³/mol. The third-order valence-corrected chi connectivity index (χ3v) is 6.14.